The van der Waals surface area contributed by atoms with Gasteiger partial charge in [-0.1, -0.05) is 30.1 Å². The summed E-state index contributed by atoms with van der Waals surface area (Å²) in [5.74, 6) is -0.277. The zero-order valence-electron chi connectivity index (χ0n) is 11.3. The van der Waals surface area contributed by atoms with Crippen molar-refractivity contribution in [3.63, 3.8) is 0 Å². The third-order valence-electron chi connectivity index (χ3n) is 2.90. The molecular formula is C14H14BrCl2N3O. The molecule has 112 valence electrons. The number of benzene rings is 1. The SMILES string of the molecule is CCCn1cc(N)cc1C(=O)Nc1ccc(Br)c(Cl)c1Cl. The van der Waals surface area contributed by atoms with Gasteiger partial charge < -0.3 is 15.6 Å². The van der Waals surface area contributed by atoms with E-state index in [1.807, 2.05) is 11.5 Å². The van der Waals surface area contributed by atoms with Crippen molar-refractivity contribution in [3.05, 3.63) is 44.6 Å². The summed E-state index contributed by atoms with van der Waals surface area (Å²) < 4.78 is 2.49. The Morgan fingerprint density at radius 2 is 2.10 bits per heavy atom. The molecule has 2 aromatic rings. The fraction of sp³-hybridized carbons (Fsp3) is 0.214. The highest BCUT2D eigenvalue weighted by Crippen LogP contribution is 2.36. The molecule has 0 unspecified atom stereocenters. The van der Waals surface area contributed by atoms with Gasteiger partial charge >= 0.3 is 0 Å². The largest absolute Gasteiger partial charge is 0.397 e. The maximum absolute atomic E-state index is 12.4. The number of carbonyl (C=O) groups excluding carboxylic acids is 1. The first kappa shape index (κ1) is 16.2. The zero-order chi connectivity index (χ0) is 15.6. The van der Waals surface area contributed by atoms with E-state index in [4.69, 9.17) is 28.9 Å². The molecule has 2 rings (SSSR count). The number of hydrogen-bond acceptors (Lipinski definition) is 2. The van der Waals surface area contributed by atoms with Gasteiger partial charge in [0.05, 0.1) is 21.4 Å². The lowest BCUT2D eigenvalue weighted by atomic mass is 10.3. The lowest BCUT2D eigenvalue weighted by Gasteiger charge is -2.11. The summed E-state index contributed by atoms with van der Waals surface area (Å²) in [6.07, 6.45) is 2.65. The average Bonchev–Trinajstić information content (AvgIpc) is 2.81. The highest BCUT2D eigenvalue weighted by Gasteiger charge is 2.16. The molecule has 4 nitrogen and oxygen atoms in total. The molecule has 0 radical (unpaired) electrons. The second-order valence-electron chi connectivity index (χ2n) is 4.53. The maximum Gasteiger partial charge on any atom is 0.272 e. The number of nitrogen functional groups attached to an aromatic ring is 1. The van der Waals surface area contributed by atoms with Crippen LogP contribution in [0.25, 0.3) is 0 Å². The number of nitrogens with one attached hydrogen (secondary N) is 1. The van der Waals surface area contributed by atoms with E-state index in [0.29, 0.717) is 31.6 Å². The van der Waals surface area contributed by atoms with E-state index in [1.54, 1.807) is 24.4 Å². The molecule has 0 spiro atoms. The molecule has 1 aromatic carbocycles. The topological polar surface area (TPSA) is 60.0 Å². The van der Waals surface area contributed by atoms with Crippen LogP contribution < -0.4 is 11.1 Å². The lowest BCUT2D eigenvalue weighted by Crippen LogP contribution is -2.17. The number of aryl methyl sites for hydroxylation is 1. The van der Waals surface area contributed by atoms with Gasteiger partial charge in [-0.25, -0.2) is 0 Å². The molecule has 1 aromatic heterocycles. The summed E-state index contributed by atoms with van der Waals surface area (Å²) in [6, 6.07) is 5.05. The van der Waals surface area contributed by atoms with Gasteiger partial charge in [0.2, 0.25) is 0 Å². The molecule has 0 aliphatic carbocycles. The van der Waals surface area contributed by atoms with Gasteiger partial charge in [0, 0.05) is 17.2 Å². The van der Waals surface area contributed by atoms with Gasteiger partial charge in [0.1, 0.15) is 5.69 Å². The van der Waals surface area contributed by atoms with Crippen LogP contribution >= 0.6 is 39.1 Å². The molecule has 0 saturated heterocycles. The lowest BCUT2D eigenvalue weighted by molar-refractivity contribution is 0.101. The first-order valence-electron chi connectivity index (χ1n) is 6.34. The smallest absolute Gasteiger partial charge is 0.272 e. The third kappa shape index (κ3) is 3.54. The number of halogens is 3. The summed E-state index contributed by atoms with van der Waals surface area (Å²) in [4.78, 5) is 12.4. The third-order valence-corrected chi connectivity index (χ3v) is 4.67. The number of nitrogens with zero attached hydrogens (tertiary/aromatic N) is 1. The van der Waals surface area contributed by atoms with Crippen molar-refractivity contribution in [3.8, 4) is 0 Å². The highest BCUT2D eigenvalue weighted by molar-refractivity contribution is 9.10. The molecule has 0 saturated carbocycles. The predicted molar refractivity (Wildman–Crippen MR) is 91.3 cm³/mol. The quantitative estimate of drug-likeness (QED) is 0.736. The van der Waals surface area contributed by atoms with Gasteiger partial charge in [-0.2, -0.15) is 0 Å². The first-order valence-corrected chi connectivity index (χ1v) is 7.89. The Bertz CT molecular complexity index is 685. The molecule has 7 heteroatoms. The van der Waals surface area contributed by atoms with Crippen molar-refractivity contribution in [1.29, 1.82) is 0 Å². The molecule has 21 heavy (non-hydrogen) atoms. The van der Waals surface area contributed by atoms with Gasteiger partial charge in [-0.05, 0) is 40.5 Å². The van der Waals surface area contributed by atoms with E-state index in [-0.39, 0.29) is 5.91 Å². The number of carbonyl (C=O) groups is 1. The van der Waals surface area contributed by atoms with Crippen LogP contribution in [0.1, 0.15) is 23.8 Å². The minimum absolute atomic E-state index is 0.277. The van der Waals surface area contributed by atoms with E-state index in [1.165, 1.54) is 0 Å². The van der Waals surface area contributed by atoms with Crippen molar-refractivity contribution >= 4 is 56.4 Å². The van der Waals surface area contributed by atoms with Crippen LogP contribution in [-0.4, -0.2) is 10.5 Å². The Kier molecular flexibility index (Phi) is 5.19. The second kappa shape index (κ2) is 6.73. The summed E-state index contributed by atoms with van der Waals surface area (Å²) in [5.41, 5.74) is 7.26. The van der Waals surface area contributed by atoms with E-state index in [0.717, 1.165) is 13.0 Å². The first-order chi connectivity index (χ1) is 9.93. The van der Waals surface area contributed by atoms with E-state index < -0.39 is 0 Å². The van der Waals surface area contributed by atoms with Gasteiger partial charge in [-0.3, -0.25) is 4.79 Å². The molecule has 1 amide bonds. The van der Waals surface area contributed by atoms with Crippen molar-refractivity contribution in [2.45, 2.75) is 19.9 Å². The molecule has 0 bridgehead atoms. The van der Waals surface area contributed by atoms with Crippen LogP contribution in [0.4, 0.5) is 11.4 Å². The summed E-state index contributed by atoms with van der Waals surface area (Å²) in [5, 5.41) is 3.41. The average molecular weight is 391 g/mol. The van der Waals surface area contributed by atoms with Crippen LogP contribution in [0.3, 0.4) is 0 Å². The van der Waals surface area contributed by atoms with Crippen LogP contribution in [0.5, 0.6) is 0 Å². The molecule has 0 aliphatic heterocycles. The Morgan fingerprint density at radius 1 is 1.38 bits per heavy atom. The summed E-state index contributed by atoms with van der Waals surface area (Å²) >= 11 is 15.4. The minimum Gasteiger partial charge on any atom is -0.397 e. The van der Waals surface area contributed by atoms with Crippen molar-refractivity contribution in [2.75, 3.05) is 11.1 Å². The Hall–Kier alpha value is -1.17. The number of hydrogen-bond donors (Lipinski definition) is 2. The normalized spacial score (nSPS) is 10.7. The van der Waals surface area contributed by atoms with E-state index in [9.17, 15) is 4.79 Å². The number of rotatable bonds is 4. The van der Waals surface area contributed by atoms with Crippen LogP contribution in [0, 0.1) is 0 Å². The van der Waals surface area contributed by atoms with E-state index in [2.05, 4.69) is 21.2 Å². The zero-order valence-corrected chi connectivity index (χ0v) is 14.4. The van der Waals surface area contributed by atoms with Crippen LogP contribution in [-0.2, 0) is 6.54 Å². The molecular weight excluding hydrogens is 377 g/mol. The molecule has 0 fully saturated rings. The molecule has 1 heterocycles. The molecule has 0 atom stereocenters. The summed E-state index contributed by atoms with van der Waals surface area (Å²) in [6.45, 7) is 2.75. The Morgan fingerprint density at radius 3 is 2.76 bits per heavy atom. The van der Waals surface area contributed by atoms with E-state index >= 15 is 0 Å². The standard InChI is InChI=1S/C14H14BrCl2N3O/c1-2-5-20-7-8(18)6-11(20)14(21)19-10-4-3-9(15)12(16)13(10)17/h3-4,6-7H,2,5,18H2,1H3,(H,19,21). The fourth-order valence-electron chi connectivity index (χ4n) is 1.96. The number of nitrogens with two attached hydrogens (primary N) is 1. The number of amides is 1. The minimum atomic E-state index is -0.277. The monoisotopic (exact) mass is 389 g/mol. The number of aromatic nitrogens is 1. The van der Waals surface area contributed by atoms with Crippen molar-refractivity contribution in [1.82, 2.24) is 4.57 Å². The highest BCUT2D eigenvalue weighted by atomic mass is 79.9. The molecule has 0 aliphatic rings. The maximum atomic E-state index is 12.4. The van der Waals surface area contributed by atoms with Crippen LogP contribution in [0.15, 0.2) is 28.9 Å². The number of anilines is 2. The summed E-state index contributed by atoms with van der Waals surface area (Å²) in [7, 11) is 0. The van der Waals surface area contributed by atoms with Crippen molar-refractivity contribution < 1.29 is 4.79 Å². The Balaban J connectivity index is 2.28. The molecule has 3 N–H and O–H groups in total. The van der Waals surface area contributed by atoms with Gasteiger partial charge in [-0.15, -0.1) is 0 Å². The van der Waals surface area contributed by atoms with Gasteiger partial charge in [0.15, 0.2) is 0 Å². The second-order valence-corrected chi connectivity index (χ2v) is 6.14. The predicted octanol–water partition coefficient (Wildman–Crippen LogP) is 4.80. The fourth-order valence-corrected chi connectivity index (χ4v) is 2.78. The van der Waals surface area contributed by atoms with Gasteiger partial charge in [0.25, 0.3) is 5.91 Å². The van der Waals surface area contributed by atoms with Crippen LogP contribution in [0.2, 0.25) is 10.0 Å². The Labute approximate surface area is 141 Å². The van der Waals surface area contributed by atoms with Crippen molar-refractivity contribution in [2.24, 2.45) is 0 Å².